The Morgan fingerprint density at radius 2 is 2.23 bits per heavy atom. The molecule has 6 heteroatoms. The summed E-state index contributed by atoms with van der Waals surface area (Å²) in [5.41, 5.74) is 0. The van der Waals surface area contributed by atoms with Gasteiger partial charge >= 0.3 is 0 Å². The zero-order chi connectivity index (χ0) is 15.9. The molecule has 0 bridgehead atoms. The van der Waals surface area contributed by atoms with Crippen molar-refractivity contribution in [3.63, 3.8) is 0 Å². The molecule has 124 valence electrons. The summed E-state index contributed by atoms with van der Waals surface area (Å²) in [7, 11) is 4.31. The van der Waals surface area contributed by atoms with Crippen LogP contribution < -0.4 is 10.6 Å². The molecule has 0 aromatic carbocycles. The van der Waals surface area contributed by atoms with Crippen LogP contribution in [-0.4, -0.2) is 55.6 Å². The summed E-state index contributed by atoms with van der Waals surface area (Å²) in [5, 5.41) is 7.94. The third-order valence-corrected chi connectivity index (χ3v) is 4.88. The van der Waals surface area contributed by atoms with Gasteiger partial charge in [-0.2, -0.15) is 0 Å². The summed E-state index contributed by atoms with van der Waals surface area (Å²) < 4.78 is 0. The van der Waals surface area contributed by atoms with Gasteiger partial charge in [0.1, 0.15) is 0 Å². The maximum absolute atomic E-state index is 4.77. The topological polar surface area (TPSA) is 52.6 Å². The maximum Gasteiger partial charge on any atom is 0.191 e. The Bertz CT molecular complexity index is 477. The van der Waals surface area contributed by atoms with Crippen LogP contribution in [0.15, 0.2) is 11.2 Å². The molecule has 1 heterocycles. The average molecular weight is 324 g/mol. The first kappa shape index (κ1) is 17.2. The Hall–Kier alpha value is -1.14. The molecule has 1 aliphatic carbocycles. The van der Waals surface area contributed by atoms with Crippen LogP contribution >= 0.6 is 11.3 Å². The van der Waals surface area contributed by atoms with Crippen molar-refractivity contribution in [2.75, 3.05) is 33.7 Å². The van der Waals surface area contributed by atoms with E-state index < -0.39 is 0 Å². The zero-order valence-electron chi connectivity index (χ0n) is 14.2. The number of aryl methyl sites for hydroxylation is 1. The normalized spacial score (nSPS) is 16.9. The number of thiazole rings is 1. The monoisotopic (exact) mass is 323 g/mol. The second kappa shape index (κ2) is 8.48. The van der Waals surface area contributed by atoms with Gasteiger partial charge in [-0.05, 0) is 46.7 Å². The van der Waals surface area contributed by atoms with Crippen LogP contribution in [0.1, 0.15) is 29.7 Å². The number of aromatic nitrogens is 1. The van der Waals surface area contributed by atoms with Gasteiger partial charge in [0.15, 0.2) is 5.96 Å². The Labute approximate surface area is 138 Å². The highest BCUT2D eigenvalue weighted by Crippen LogP contribution is 2.34. The third-order valence-electron chi connectivity index (χ3n) is 3.91. The molecule has 0 aliphatic heterocycles. The van der Waals surface area contributed by atoms with Gasteiger partial charge < -0.3 is 15.5 Å². The molecule has 5 nitrogen and oxygen atoms in total. The van der Waals surface area contributed by atoms with E-state index in [1.54, 1.807) is 11.3 Å². The summed E-state index contributed by atoms with van der Waals surface area (Å²) in [5.74, 6) is 1.75. The van der Waals surface area contributed by atoms with E-state index >= 15 is 0 Å². The molecule has 2 N–H and O–H groups in total. The Kier molecular flexibility index (Phi) is 6.64. The van der Waals surface area contributed by atoms with Crippen molar-refractivity contribution in [3.05, 3.63) is 16.1 Å². The first-order valence-electron chi connectivity index (χ1n) is 8.20. The minimum Gasteiger partial charge on any atom is -0.357 e. The van der Waals surface area contributed by atoms with Gasteiger partial charge in [-0.15, -0.1) is 11.3 Å². The molecule has 0 amide bonds. The first-order valence-corrected chi connectivity index (χ1v) is 9.01. The molecule has 1 saturated carbocycles. The number of guanidine groups is 1. The minimum atomic E-state index is 0.567. The quantitative estimate of drug-likeness (QED) is 0.567. The Morgan fingerprint density at radius 3 is 2.77 bits per heavy atom. The van der Waals surface area contributed by atoms with Crippen molar-refractivity contribution >= 4 is 17.3 Å². The van der Waals surface area contributed by atoms with Crippen LogP contribution in [0, 0.1) is 12.8 Å². The van der Waals surface area contributed by atoms with Gasteiger partial charge in [0.2, 0.25) is 0 Å². The van der Waals surface area contributed by atoms with Crippen LogP contribution in [-0.2, 0) is 6.42 Å². The number of nitrogens with zero attached hydrogens (tertiary/aromatic N) is 3. The summed E-state index contributed by atoms with van der Waals surface area (Å²) in [6.45, 7) is 6.82. The van der Waals surface area contributed by atoms with Crippen molar-refractivity contribution in [1.82, 2.24) is 20.5 Å². The number of aliphatic imine (C=N–C) groups is 1. The van der Waals surface area contributed by atoms with Crippen molar-refractivity contribution < 1.29 is 0 Å². The minimum absolute atomic E-state index is 0.567. The predicted octanol–water partition coefficient (Wildman–Crippen LogP) is 1.89. The van der Waals surface area contributed by atoms with E-state index in [4.69, 9.17) is 4.99 Å². The number of hydrogen-bond acceptors (Lipinski definition) is 4. The smallest absolute Gasteiger partial charge is 0.191 e. The number of hydrogen-bond donors (Lipinski definition) is 2. The van der Waals surface area contributed by atoms with Gasteiger partial charge in [0.25, 0.3) is 0 Å². The SMILES string of the molecule is CCNC(=NCC(C1CC1)N(C)C)NCCc1ncc(C)s1. The molecule has 0 radical (unpaired) electrons. The molecule has 0 spiro atoms. The molecule has 2 rings (SSSR count). The van der Waals surface area contributed by atoms with Crippen LogP contribution in [0.2, 0.25) is 0 Å². The Morgan fingerprint density at radius 1 is 1.45 bits per heavy atom. The van der Waals surface area contributed by atoms with Crippen LogP contribution in [0.4, 0.5) is 0 Å². The van der Waals surface area contributed by atoms with E-state index in [0.717, 1.165) is 37.9 Å². The van der Waals surface area contributed by atoms with E-state index in [1.807, 2.05) is 6.20 Å². The largest absolute Gasteiger partial charge is 0.357 e. The number of rotatable bonds is 8. The van der Waals surface area contributed by atoms with E-state index in [0.29, 0.717) is 6.04 Å². The van der Waals surface area contributed by atoms with Crippen molar-refractivity contribution in [2.45, 2.75) is 39.2 Å². The lowest BCUT2D eigenvalue weighted by Gasteiger charge is -2.22. The van der Waals surface area contributed by atoms with E-state index in [-0.39, 0.29) is 0 Å². The second-order valence-corrected chi connectivity index (χ2v) is 7.45. The molecule has 22 heavy (non-hydrogen) atoms. The van der Waals surface area contributed by atoms with E-state index in [9.17, 15) is 0 Å². The third kappa shape index (κ3) is 5.57. The molecule has 1 aromatic rings. The lowest BCUT2D eigenvalue weighted by Crippen LogP contribution is -2.40. The average Bonchev–Trinajstić information content (AvgIpc) is 3.21. The number of likely N-dealkylation sites (N-methyl/N-ethyl adjacent to an activating group) is 1. The van der Waals surface area contributed by atoms with Crippen molar-refractivity contribution in [2.24, 2.45) is 10.9 Å². The standard InChI is InChI=1S/C16H29N5S/c1-5-17-16(18-9-8-15-19-10-12(2)22-15)20-11-14(21(3)4)13-6-7-13/h10,13-14H,5-9,11H2,1-4H3,(H2,17,18,20). The molecule has 1 fully saturated rings. The first-order chi connectivity index (χ1) is 10.6. The van der Waals surface area contributed by atoms with Gasteiger partial charge in [-0.25, -0.2) is 4.98 Å². The van der Waals surface area contributed by atoms with E-state index in [1.165, 1.54) is 22.7 Å². The van der Waals surface area contributed by atoms with Crippen LogP contribution in [0.25, 0.3) is 0 Å². The fraction of sp³-hybridized carbons (Fsp3) is 0.750. The summed E-state index contributed by atoms with van der Waals surface area (Å²) >= 11 is 1.77. The highest BCUT2D eigenvalue weighted by molar-refractivity contribution is 7.11. The molecule has 1 atom stereocenters. The predicted molar refractivity (Wildman–Crippen MR) is 94.7 cm³/mol. The summed E-state index contributed by atoms with van der Waals surface area (Å²) in [6, 6.07) is 0.567. The lowest BCUT2D eigenvalue weighted by molar-refractivity contribution is 0.271. The summed E-state index contributed by atoms with van der Waals surface area (Å²) in [4.78, 5) is 12.7. The zero-order valence-corrected chi connectivity index (χ0v) is 15.0. The summed E-state index contributed by atoms with van der Waals surface area (Å²) in [6.07, 6.45) is 5.59. The molecule has 1 aliphatic rings. The van der Waals surface area contributed by atoms with Crippen LogP contribution in [0.3, 0.4) is 0 Å². The van der Waals surface area contributed by atoms with Crippen LogP contribution in [0.5, 0.6) is 0 Å². The van der Waals surface area contributed by atoms with E-state index in [2.05, 4.69) is 48.5 Å². The lowest BCUT2D eigenvalue weighted by atomic mass is 10.2. The maximum atomic E-state index is 4.77. The number of nitrogens with one attached hydrogen (secondary N) is 2. The fourth-order valence-electron chi connectivity index (χ4n) is 2.55. The highest BCUT2D eigenvalue weighted by Gasteiger charge is 2.32. The van der Waals surface area contributed by atoms with Gasteiger partial charge in [0, 0.05) is 36.6 Å². The molecular weight excluding hydrogens is 294 g/mol. The highest BCUT2D eigenvalue weighted by atomic mass is 32.1. The Balaban J connectivity index is 1.81. The molecule has 0 saturated heterocycles. The molecular formula is C16H29N5S. The second-order valence-electron chi connectivity index (χ2n) is 6.13. The molecule has 1 aromatic heterocycles. The molecule has 1 unspecified atom stereocenters. The van der Waals surface area contributed by atoms with Gasteiger partial charge in [0.05, 0.1) is 11.6 Å². The van der Waals surface area contributed by atoms with Crippen molar-refractivity contribution in [1.29, 1.82) is 0 Å². The van der Waals surface area contributed by atoms with Crippen molar-refractivity contribution in [3.8, 4) is 0 Å². The fourth-order valence-corrected chi connectivity index (χ4v) is 3.33. The van der Waals surface area contributed by atoms with Gasteiger partial charge in [-0.1, -0.05) is 0 Å². The van der Waals surface area contributed by atoms with Gasteiger partial charge in [-0.3, -0.25) is 4.99 Å².